The van der Waals surface area contributed by atoms with Gasteiger partial charge in [-0.3, -0.25) is 4.68 Å². The molecule has 0 aliphatic rings. The zero-order chi connectivity index (χ0) is 14.8. The van der Waals surface area contributed by atoms with Crippen LogP contribution in [0.3, 0.4) is 0 Å². The van der Waals surface area contributed by atoms with Crippen LogP contribution >= 0.6 is 22.6 Å². The van der Waals surface area contributed by atoms with Crippen molar-refractivity contribution in [3.8, 4) is 0 Å². The number of aryl methyl sites for hydroxylation is 2. The monoisotopic (exact) mass is 390 g/mol. The fraction of sp³-hybridized carbons (Fsp3) is 0.824. The van der Waals surface area contributed by atoms with Crippen molar-refractivity contribution in [3.63, 3.8) is 0 Å². The molecule has 20 heavy (non-hydrogen) atoms. The first-order valence-corrected chi connectivity index (χ1v) is 9.56. The van der Waals surface area contributed by atoms with Crippen molar-refractivity contribution in [2.45, 2.75) is 91.5 Å². The van der Waals surface area contributed by atoms with Gasteiger partial charge in [0, 0.05) is 6.54 Å². The first kappa shape index (κ1) is 18.0. The second-order valence-corrected chi connectivity index (χ2v) is 6.69. The van der Waals surface area contributed by atoms with Crippen molar-refractivity contribution in [1.82, 2.24) is 9.78 Å². The third-order valence-corrected chi connectivity index (χ3v) is 5.20. The molecule has 1 rings (SSSR count). The molecule has 1 aromatic heterocycles. The molecule has 2 nitrogen and oxygen atoms in total. The average molecular weight is 390 g/mol. The number of rotatable bonds is 11. The summed E-state index contributed by atoms with van der Waals surface area (Å²) in [6, 6.07) is 0. The van der Waals surface area contributed by atoms with Crippen molar-refractivity contribution in [3.05, 3.63) is 15.0 Å². The molecule has 3 heteroatoms. The number of unbranched alkanes of at least 4 members (excludes halogenated alkanes) is 7. The van der Waals surface area contributed by atoms with E-state index in [9.17, 15) is 0 Å². The van der Waals surface area contributed by atoms with Gasteiger partial charge < -0.3 is 0 Å². The van der Waals surface area contributed by atoms with Gasteiger partial charge in [-0.05, 0) is 41.9 Å². The fourth-order valence-electron chi connectivity index (χ4n) is 2.67. The predicted molar refractivity (Wildman–Crippen MR) is 96.3 cm³/mol. The van der Waals surface area contributed by atoms with Crippen molar-refractivity contribution in [2.75, 3.05) is 0 Å². The van der Waals surface area contributed by atoms with Crippen LogP contribution in [0.25, 0.3) is 0 Å². The van der Waals surface area contributed by atoms with Crippen LogP contribution < -0.4 is 0 Å². The second-order valence-electron chi connectivity index (χ2n) is 5.61. The minimum Gasteiger partial charge on any atom is -0.268 e. The molecule has 0 aliphatic carbocycles. The van der Waals surface area contributed by atoms with Gasteiger partial charge in [0.05, 0.1) is 15.0 Å². The Hall–Kier alpha value is -0.0600. The van der Waals surface area contributed by atoms with E-state index in [4.69, 9.17) is 5.10 Å². The molecule has 0 radical (unpaired) electrons. The van der Waals surface area contributed by atoms with E-state index in [1.54, 1.807) is 0 Å². The van der Waals surface area contributed by atoms with E-state index in [0.29, 0.717) is 0 Å². The summed E-state index contributed by atoms with van der Waals surface area (Å²) >= 11 is 2.47. The van der Waals surface area contributed by atoms with Crippen LogP contribution in [0.15, 0.2) is 0 Å². The molecule has 0 bridgehead atoms. The molecule has 0 saturated carbocycles. The van der Waals surface area contributed by atoms with Gasteiger partial charge in [0.25, 0.3) is 0 Å². The summed E-state index contributed by atoms with van der Waals surface area (Å²) in [4.78, 5) is 0. The summed E-state index contributed by atoms with van der Waals surface area (Å²) in [7, 11) is 0. The lowest BCUT2D eigenvalue weighted by atomic mass is 10.1. The van der Waals surface area contributed by atoms with Crippen LogP contribution in [0.5, 0.6) is 0 Å². The van der Waals surface area contributed by atoms with Crippen molar-refractivity contribution in [1.29, 1.82) is 0 Å². The van der Waals surface area contributed by atoms with Crippen LogP contribution in [0.2, 0.25) is 0 Å². The van der Waals surface area contributed by atoms with Crippen LogP contribution in [-0.4, -0.2) is 9.78 Å². The van der Waals surface area contributed by atoms with E-state index < -0.39 is 0 Å². The summed E-state index contributed by atoms with van der Waals surface area (Å²) in [5, 5.41) is 4.77. The summed E-state index contributed by atoms with van der Waals surface area (Å²) < 4.78 is 3.66. The normalized spacial score (nSPS) is 11.2. The fourth-order valence-corrected chi connectivity index (χ4v) is 3.82. The van der Waals surface area contributed by atoms with Gasteiger partial charge in [-0.1, -0.05) is 65.7 Å². The zero-order valence-corrected chi connectivity index (χ0v) is 15.7. The molecule has 0 fully saturated rings. The molecule has 0 saturated heterocycles. The Morgan fingerprint density at radius 3 is 2.00 bits per heavy atom. The van der Waals surface area contributed by atoms with E-state index in [2.05, 4.69) is 48.0 Å². The van der Waals surface area contributed by atoms with Gasteiger partial charge in [-0.15, -0.1) is 0 Å². The highest BCUT2D eigenvalue weighted by Crippen LogP contribution is 2.19. The molecule has 0 amide bonds. The Balaban J connectivity index is 2.25. The number of nitrogens with zero attached hydrogens (tertiary/aromatic N) is 2. The molecule has 0 aromatic carbocycles. The van der Waals surface area contributed by atoms with Crippen molar-refractivity contribution in [2.24, 2.45) is 0 Å². The maximum Gasteiger partial charge on any atom is 0.0758 e. The summed E-state index contributed by atoms with van der Waals surface area (Å²) in [5.41, 5.74) is 2.72. The summed E-state index contributed by atoms with van der Waals surface area (Å²) in [6.07, 6.45) is 13.2. The first-order chi connectivity index (χ1) is 9.74. The summed E-state index contributed by atoms with van der Waals surface area (Å²) in [5.74, 6) is 0. The van der Waals surface area contributed by atoms with Gasteiger partial charge in [0.2, 0.25) is 0 Å². The largest absolute Gasteiger partial charge is 0.268 e. The molecule has 0 aliphatic heterocycles. The third-order valence-electron chi connectivity index (χ3n) is 3.95. The molecular weight excluding hydrogens is 359 g/mol. The molecule has 0 atom stereocenters. The second kappa shape index (κ2) is 10.6. The Kier molecular flexibility index (Phi) is 9.57. The Morgan fingerprint density at radius 1 is 0.850 bits per heavy atom. The van der Waals surface area contributed by atoms with Gasteiger partial charge in [0.1, 0.15) is 0 Å². The van der Waals surface area contributed by atoms with Crippen LogP contribution in [-0.2, 0) is 19.4 Å². The zero-order valence-electron chi connectivity index (χ0n) is 13.6. The van der Waals surface area contributed by atoms with Crippen LogP contribution in [0.1, 0.15) is 83.5 Å². The smallest absolute Gasteiger partial charge is 0.0758 e. The number of aromatic nitrogens is 2. The highest BCUT2D eigenvalue weighted by Gasteiger charge is 2.12. The minimum absolute atomic E-state index is 1.05. The first-order valence-electron chi connectivity index (χ1n) is 8.48. The predicted octanol–water partition coefficient (Wildman–Crippen LogP) is 5.75. The Bertz CT molecular complexity index is 371. The van der Waals surface area contributed by atoms with Crippen molar-refractivity contribution < 1.29 is 0 Å². The Labute approximate surface area is 138 Å². The number of hydrogen-bond acceptors (Lipinski definition) is 1. The minimum atomic E-state index is 1.05. The van der Waals surface area contributed by atoms with Gasteiger partial charge in [0.15, 0.2) is 0 Å². The van der Waals surface area contributed by atoms with Gasteiger partial charge in [-0.25, -0.2) is 0 Å². The Morgan fingerprint density at radius 2 is 1.45 bits per heavy atom. The molecule has 0 spiro atoms. The average Bonchev–Trinajstić information content (AvgIpc) is 2.77. The van der Waals surface area contributed by atoms with Gasteiger partial charge in [-0.2, -0.15) is 5.10 Å². The van der Waals surface area contributed by atoms with Crippen LogP contribution in [0, 0.1) is 3.57 Å². The van der Waals surface area contributed by atoms with E-state index in [1.807, 2.05) is 0 Å². The maximum absolute atomic E-state index is 4.77. The lowest BCUT2D eigenvalue weighted by Crippen LogP contribution is -2.05. The lowest BCUT2D eigenvalue weighted by Gasteiger charge is -2.06. The highest BCUT2D eigenvalue weighted by atomic mass is 127. The molecule has 1 aromatic rings. The van der Waals surface area contributed by atoms with E-state index in [-0.39, 0.29) is 0 Å². The molecule has 116 valence electrons. The van der Waals surface area contributed by atoms with E-state index in [1.165, 1.54) is 66.3 Å². The topological polar surface area (TPSA) is 17.8 Å². The van der Waals surface area contributed by atoms with Gasteiger partial charge >= 0.3 is 0 Å². The van der Waals surface area contributed by atoms with E-state index in [0.717, 1.165) is 19.4 Å². The highest BCUT2D eigenvalue weighted by molar-refractivity contribution is 14.1. The molecule has 0 N–H and O–H groups in total. The molecule has 1 heterocycles. The maximum atomic E-state index is 4.77. The quantitative estimate of drug-likeness (QED) is 0.347. The van der Waals surface area contributed by atoms with Crippen molar-refractivity contribution >= 4 is 22.6 Å². The SMILES string of the molecule is CCCCCCCCCCn1nc(CC)c(I)c1CC. The summed E-state index contributed by atoms with van der Waals surface area (Å²) in [6.45, 7) is 7.82. The standard InChI is InChI=1S/C17H31IN2/c1-4-7-8-9-10-11-12-13-14-20-16(6-3)17(18)15(5-2)19-20/h4-14H2,1-3H3. The third kappa shape index (κ3) is 5.74. The number of hydrogen-bond donors (Lipinski definition) is 0. The molecular formula is C17H31IN2. The van der Waals surface area contributed by atoms with E-state index >= 15 is 0 Å². The lowest BCUT2D eigenvalue weighted by molar-refractivity contribution is 0.506. The number of halogens is 1. The van der Waals surface area contributed by atoms with Crippen LogP contribution in [0.4, 0.5) is 0 Å². The molecule has 0 unspecified atom stereocenters.